The van der Waals surface area contributed by atoms with Crippen molar-refractivity contribution in [1.29, 1.82) is 0 Å². The van der Waals surface area contributed by atoms with Crippen molar-refractivity contribution >= 4 is 5.97 Å². The van der Waals surface area contributed by atoms with E-state index in [9.17, 15) is 4.79 Å². The second-order valence-electron chi connectivity index (χ2n) is 11.6. The first-order chi connectivity index (χ1) is 16.3. The SMILES string of the molecule is CCOC1O[C@@H]2C[C@@H]3[C@@](C)([C@@H]4C[C@H]5C[C@H](OCC)O[C@H]5O4)[C@H](C)C[C@H](OC(C)=O)[C@]13[C@@]1(CO1)C2. The molecule has 2 bridgehead atoms. The lowest BCUT2D eigenvalue weighted by Crippen LogP contribution is -2.76. The third-order valence-corrected chi connectivity index (χ3v) is 10.2. The van der Waals surface area contributed by atoms with E-state index in [-0.39, 0.29) is 59.7 Å². The highest BCUT2D eigenvalue weighted by molar-refractivity contribution is 5.66. The average Bonchev–Trinajstić information content (AvgIpc) is 3.25. The number of esters is 1. The highest BCUT2D eigenvalue weighted by atomic mass is 16.8. The van der Waals surface area contributed by atoms with E-state index in [1.165, 1.54) is 6.92 Å². The van der Waals surface area contributed by atoms with Crippen molar-refractivity contribution in [2.75, 3.05) is 19.8 Å². The van der Waals surface area contributed by atoms with Crippen LogP contribution in [-0.2, 0) is 38.0 Å². The van der Waals surface area contributed by atoms with E-state index in [2.05, 4.69) is 13.8 Å². The van der Waals surface area contributed by atoms with E-state index < -0.39 is 11.7 Å². The van der Waals surface area contributed by atoms with Gasteiger partial charge in [-0.25, -0.2) is 0 Å². The summed E-state index contributed by atoms with van der Waals surface area (Å²) in [6.45, 7) is 12.0. The number of carbonyl (C=O) groups excluding carboxylic acids is 1. The normalized spacial score (nSPS) is 55.3. The van der Waals surface area contributed by atoms with Crippen molar-refractivity contribution in [3.05, 3.63) is 0 Å². The van der Waals surface area contributed by atoms with Gasteiger partial charge in [0.05, 0.1) is 24.2 Å². The summed E-state index contributed by atoms with van der Waals surface area (Å²) in [6.07, 6.45) is 3.32. The molecule has 0 aromatic heterocycles. The van der Waals surface area contributed by atoms with Gasteiger partial charge in [0.2, 0.25) is 0 Å². The van der Waals surface area contributed by atoms with Crippen LogP contribution in [0.3, 0.4) is 0 Å². The van der Waals surface area contributed by atoms with Crippen LogP contribution in [-0.4, -0.2) is 68.6 Å². The van der Waals surface area contributed by atoms with Crippen LogP contribution < -0.4 is 0 Å². The molecule has 192 valence electrons. The third kappa shape index (κ3) is 3.08. The van der Waals surface area contributed by atoms with Crippen LogP contribution in [0.25, 0.3) is 0 Å². The molecule has 2 aliphatic carbocycles. The van der Waals surface area contributed by atoms with Gasteiger partial charge in [-0.3, -0.25) is 4.79 Å². The van der Waals surface area contributed by atoms with E-state index in [0.717, 1.165) is 32.1 Å². The molecule has 12 atom stereocenters. The maximum Gasteiger partial charge on any atom is 0.302 e. The zero-order chi connectivity index (χ0) is 23.9. The van der Waals surface area contributed by atoms with Gasteiger partial charge in [0.1, 0.15) is 11.7 Å². The van der Waals surface area contributed by atoms with Crippen molar-refractivity contribution in [2.45, 2.75) is 110 Å². The molecule has 7 rings (SSSR count). The Labute approximate surface area is 202 Å². The van der Waals surface area contributed by atoms with Gasteiger partial charge in [-0.2, -0.15) is 0 Å². The third-order valence-electron chi connectivity index (χ3n) is 10.2. The van der Waals surface area contributed by atoms with Gasteiger partial charge < -0.3 is 33.2 Å². The van der Waals surface area contributed by atoms with Crippen LogP contribution in [0.15, 0.2) is 0 Å². The number of hydrogen-bond acceptors (Lipinski definition) is 8. The maximum absolute atomic E-state index is 12.3. The first kappa shape index (κ1) is 23.6. The molecule has 7 aliphatic rings. The lowest BCUT2D eigenvalue weighted by atomic mass is 9.40. The molecule has 0 N–H and O–H groups in total. The van der Waals surface area contributed by atoms with Gasteiger partial charge in [-0.05, 0) is 44.9 Å². The highest BCUT2D eigenvalue weighted by Crippen LogP contribution is 2.74. The summed E-state index contributed by atoms with van der Waals surface area (Å²) in [5.41, 5.74) is -1.05. The van der Waals surface area contributed by atoms with Gasteiger partial charge in [-0.15, -0.1) is 0 Å². The van der Waals surface area contributed by atoms with Crippen LogP contribution >= 0.6 is 0 Å². The summed E-state index contributed by atoms with van der Waals surface area (Å²) < 4.78 is 43.7. The van der Waals surface area contributed by atoms with E-state index in [1.807, 2.05) is 13.8 Å². The molecular formula is C26H40O8. The van der Waals surface area contributed by atoms with Gasteiger partial charge in [0.15, 0.2) is 18.9 Å². The number of hydrogen-bond donors (Lipinski definition) is 0. The van der Waals surface area contributed by atoms with Crippen LogP contribution in [0.5, 0.6) is 0 Å². The van der Waals surface area contributed by atoms with Crippen molar-refractivity contribution < 1.29 is 38.0 Å². The van der Waals surface area contributed by atoms with Gasteiger partial charge in [0.25, 0.3) is 0 Å². The number of epoxide rings is 1. The van der Waals surface area contributed by atoms with Crippen LogP contribution in [0.2, 0.25) is 0 Å². The Kier molecular flexibility index (Phi) is 5.64. The largest absolute Gasteiger partial charge is 0.462 e. The fraction of sp³-hybridized carbons (Fsp3) is 0.962. The molecule has 7 fully saturated rings. The van der Waals surface area contributed by atoms with Crippen molar-refractivity contribution in [1.82, 2.24) is 0 Å². The predicted octanol–water partition coefficient (Wildman–Crippen LogP) is 3.41. The average molecular weight is 481 g/mol. The first-order valence-electron chi connectivity index (χ1n) is 13.3. The monoisotopic (exact) mass is 480 g/mol. The highest BCUT2D eigenvalue weighted by Gasteiger charge is 2.82. The Bertz CT molecular complexity index is 801. The topological polar surface area (TPSA) is 85.0 Å². The summed E-state index contributed by atoms with van der Waals surface area (Å²) in [5, 5.41) is 0. The summed E-state index contributed by atoms with van der Waals surface area (Å²) in [6, 6.07) is 0. The van der Waals surface area contributed by atoms with E-state index >= 15 is 0 Å². The second kappa shape index (κ2) is 8.12. The Morgan fingerprint density at radius 2 is 1.79 bits per heavy atom. The molecule has 0 amide bonds. The summed E-state index contributed by atoms with van der Waals surface area (Å²) in [4.78, 5) is 12.3. The smallest absolute Gasteiger partial charge is 0.302 e. The molecule has 1 unspecified atom stereocenters. The number of fused-ring (bicyclic) bond motifs is 2. The van der Waals surface area contributed by atoms with E-state index in [4.69, 9.17) is 33.2 Å². The molecule has 0 aromatic carbocycles. The lowest BCUT2D eigenvalue weighted by Gasteiger charge is -2.69. The molecule has 5 saturated heterocycles. The minimum absolute atomic E-state index is 0.0534. The Morgan fingerprint density at radius 3 is 2.44 bits per heavy atom. The van der Waals surface area contributed by atoms with Crippen LogP contribution in [0, 0.1) is 28.6 Å². The maximum atomic E-state index is 12.3. The fourth-order valence-electron chi connectivity index (χ4n) is 8.61. The van der Waals surface area contributed by atoms with Crippen molar-refractivity contribution in [3.8, 4) is 0 Å². The molecule has 5 aliphatic heterocycles. The molecule has 2 saturated carbocycles. The number of rotatable bonds is 6. The van der Waals surface area contributed by atoms with E-state index in [1.54, 1.807) is 0 Å². The van der Waals surface area contributed by atoms with Crippen molar-refractivity contribution in [3.63, 3.8) is 0 Å². The minimum Gasteiger partial charge on any atom is -0.462 e. The Hall–Kier alpha value is -0.770. The second-order valence-corrected chi connectivity index (χ2v) is 11.6. The quantitative estimate of drug-likeness (QED) is 0.422. The molecule has 8 heteroatoms. The van der Waals surface area contributed by atoms with Gasteiger partial charge in [0, 0.05) is 44.3 Å². The van der Waals surface area contributed by atoms with Crippen LogP contribution in [0.4, 0.5) is 0 Å². The van der Waals surface area contributed by atoms with Gasteiger partial charge in [-0.1, -0.05) is 13.8 Å². The Balaban J connectivity index is 1.38. The number of ether oxygens (including phenoxy) is 7. The summed E-state index contributed by atoms with van der Waals surface area (Å²) in [5.74, 6) is 0.566. The van der Waals surface area contributed by atoms with Gasteiger partial charge >= 0.3 is 5.97 Å². The zero-order valence-corrected chi connectivity index (χ0v) is 21.1. The minimum atomic E-state index is -0.541. The fourth-order valence-corrected chi connectivity index (χ4v) is 8.61. The van der Waals surface area contributed by atoms with E-state index in [0.29, 0.717) is 25.7 Å². The van der Waals surface area contributed by atoms with Crippen LogP contribution in [0.1, 0.15) is 66.7 Å². The van der Waals surface area contributed by atoms with Crippen molar-refractivity contribution in [2.24, 2.45) is 28.6 Å². The number of carbonyl (C=O) groups is 1. The molecule has 2 spiro atoms. The molecule has 5 heterocycles. The summed E-state index contributed by atoms with van der Waals surface area (Å²) in [7, 11) is 0. The molecule has 0 radical (unpaired) electrons. The zero-order valence-electron chi connectivity index (χ0n) is 21.1. The summed E-state index contributed by atoms with van der Waals surface area (Å²) >= 11 is 0. The Morgan fingerprint density at radius 1 is 1.03 bits per heavy atom. The lowest BCUT2D eigenvalue weighted by molar-refractivity contribution is -0.384. The molecule has 34 heavy (non-hydrogen) atoms. The predicted molar refractivity (Wildman–Crippen MR) is 119 cm³/mol. The molecular weight excluding hydrogens is 440 g/mol. The first-order valence-corrected chi connectivity index (χ1v) is 13.3. The molecule has 8 nitrogen and oxygen atoms in total. The standard InChI is InChI=1S/C26H40O8/c1-6-28-21-10-16-9-19(33-22(16)34-21)24(5)14(3)8-20(31-15(4)27)26-18(24)11-17(12-25(26)13-30-25)32-23(26)29-7-2/h14,16-23H,6-13H2,1-5H3/t14-,16+,17-,18-,19+,20+,21-,22-,23?,24+,25+,26+/m1/s1. The molecule has 0 aromatic rings.